The Morgan fingerprint density at radius 1 is 0.884 bits per heavy atom. The van der Waals surface area contributed by atoms with Crippen LogP contribution in [-0.4, -0.2) is 72.2 Å². The highest BCUT2D eigenvalue weighted by Gasteiger charge is 2.54. The molecule has 9 nitrogen and oxygen atoms in total. The normalized spacial score (nSPS) is 33.7. The van der Waals surface area contributed by atoms with Crippen LogP contribution in [0.1, 0.15) is 97.3 Å². The van der Waals surface area contributed by atoms with Crippen LogP contribution < -0.4 is 5.32 Å². The van der Waals surface area contributed by atoms with Crippen molar-refractivity contribution >= 4 is 24.3 Å². The molecule has 4 aliphatic rings. The summed E-state index contributed by atoms with van der Waals surface area (Å²) >= 11 is 0. The van der Waals surface area contributed by atoms with Crippen LogP contribution in [0.25, 0.3) is 0 Å². The molecule has 9 heteroatoms. The number of nitrogens with zero attached hydrogens (tertiary/aromatic N) is 1. The SMILES string of the molecule is C=CC(=O)CCC1CCC(CN2CC3(C)CC(NC(=O)OCC4CCC(COC(=O)C=C)CC4)CC2(C)C3)CC1.O=CO. The van der Waals surface area contributed by atoms with Crippen LogP contribution in [0.4, 0.5) is 4.79 Å². The number of ether oxygens (including phenoxy) is 2. The summed E-state index contributed by atoms with van der Waals surface area (Å²) < 4.78 is 10.9. The highest BCUT2D eigenvalue weighted by Crippen LogP contribution is 2.52. The number of allylic oxidation sites excluding steroid dienone is 1. The van der Waals surface area contributed by atoms with Crippen LogP contribution in [0.15, 0.2) is 25.3 Å². The number of carbonyl (C=O) groups excluding carboxylic acids is 3. The quantitative estimate of drug-likeness (QED) is 0.160. The molecule has 4 rings (SSSR count). The Hall–Kier alpha value is -2.68. The number of hydrogen-bond acceptors (Lipinski definition) is 7. The third-order valence-corrected chi connectivity index (χ3v) is 10.4. The molecule has 1 aliphatic heterocycles. The molecule has 0 aromatic carbocycles. The first kappa shape index (κ1) is 34.8. The summed E-state index contributed by atoms with van der Waals surface area (Å²) in [5.74, 6) is 1.99. The van der Waals surface area contributed by atoms with Gasteiger partial charge in [-0.25, -0.2) is 9.59 Å². The Kier molecular flexibility index (Phi) is 13.3. The standard InChI is InChI=1S/C33H52N2O5.CH2O2/c1-5-29(36)16-15-24-7-9-25(10-8-24)19-35-23-32(3)17-28(18-33(35,4)22-32)34-31(38)40-21-27-13-11-26(12-14-27)20-39-30(37)6-2;2-1-3/h5-6,24-28H,1-2,7-23H2,3-4H3,(H,34,38);1H,(H,2,3). The van der Waals surface area contributed by atoms with Gasteiger partial charge in [0.2, 0.25) is 0 Å². The van der Waals surface area contributed by atoms with E-state index in [1.165, 1.54) is 44.3 Å². The molecule has 3 saturated carbocycles. The zero-order valence-electron chi connectivity index (χ0n) is 26.4. The fourth-order valence-corrected chi connectivity index (χ4v) is 8.35. The Labute approximate surface area is 257 Å². The summed E-state index contributed by atoms with van der Waals surface area (Å²) in [6.07, 6.45) is 16.2. The van der Waals surface area contributed by atoms with E-state index in [4.69, 9.17) is 19.4 Å². The fraction of sp³-hybridized carbons (Fsp3) is 0.765. The molecule has 3 unspecified atom stereocenters. The van der Waals surface area contributed by atoms with Crippen LogP contribution in [0, 0.1) is 29.1 Å². The van der Waals surface area contributed by atoms with E-state index >= 15 is 0 Å². The Morgan fingerprint density at radius 2 is 1.44 bits per heavy atom. The molecule has 43 heavy (non-hydrogen) atoms. The number of amides is 1. The van der Waals surface area contributed by atoms with Gasteiger partial charge in [0, 0.05) is 37.2 Å². The van der Waals surface area contributed by atoms with Gasteiger partial charge in [0.05, 0.1) is 13.2 Å². The highest BCUT2D eigenvalue weighted by molar-refractivity contribution is 5.88. The molecule has 2 N–H and O–H groups in total. The number of nitrogens with one attached hydrogen (secondary N) is 1. The maximum Gasteiger partial charge on any atom is 0.407 e. The molecule has 0 aromatic rings. The maximum absolute atomic E-state index is 12.8. The molecule has 3 atom stereocenters. The van der Waals surface area contributed by atoms with E-state index in [0.717, 1.165) is 64.0 Å². The molecule has 3 aliphatic carbocycles. The van der Waals surface area contributed by atoms with Gasteiger partial charge < -0.3 is 19.9 Å². The number of alkyl carbamates (subject to hydrolysis) is 1. The summed E-state index contributed by atoms with van der Waals surface area (Å²) in [4.78, 5) is 46.8. The van der Waals surface area contributed by atoms with Gasteiger partial charge in [-0.2, -0.15) is 0 Å². The summed E-state index contributed by atoms with van der Waals surface area (Å²) in [5.41, 5.74) is 0.340. The molecule has 1 saturated heterocycles. The van der Waals surface area contributed by atoms with Crippen molar-refractivity contribution in [2.45, 2.75) is 109 Å². The number of likely N-dealkylation sites (tertiary alicyclic amines) is 1. The van der Waals surface area contributed by atoms with E-state index in [1.807, 2.05) is 0 Å². The molecular formula is C34H54N2O7. The summed E-state index contributed by atoms with van der Waals surface area (Å²) in [6, 6.07) is 0.148. The molecule has 0 radical (unpaired) electrons. The predicted molar refractivity (Wildman–Crippen MR) is 165 cm³/mol. The number of ketones is 1. The van der Waals surface area contributed by atoms with E-state index in [1.54, 1.807) is 0 Å². The van der Waals surface area contributed by atoms with E-state index in [2.05, 4.69) is 37.2 Å². The van der Waals surface area contributed by atoms with Gasteiger partial charge in [-0.05, 0) is 106 Å². The second kappa shape index (κ2) is 16.4. The average molecular weight is 603 g/mol. The van der Waals surface area contributed by atoms with Gasteiger partial charge in [0.1, 0.15) is 0 Å². The lowest BCUT2D eigenvalue weighted by Gasteiger charge is -2.43. The van der Waals surface area contributed by atoms with Gasteiger partial charge >= 0.3 is 12.1 Å². The largest absolute Gasteiger partial charge is 0.483 e. The minimum atomic E-state index is -0.360. The van der Waals surface area contributed by atoms with Crippen molar-refractivity contribution in [3.8, 4) is 0 Å². The number of fused-ring (bicyclic) bond motifs is 2. The second-order valence-electron chi connectivity index (χ2n) is 14.1. The molecule has 1 heterocycles. The molecule has 4 fully saturated rings. The number of hydrogen-bond donors (Lipinski definition) is 2. The molecular weight excluding hydrogens is 548 g/mol. The van der Waals surface area contributed by atoms with Crippen LogP contribution in [0.5, 0.6) is 0 Å². The van der Waals surface area contributed by atoms with Gasteiger partial charge in [-0.1, -0.05) is 32.9 Å². The van der Waals surface area contributed by atoms with Gasteiger partial charge in [-0.3, -0.25) is 14.5 Å². The van der Waals surface area contributed by atoms with Gasteiger partial charge in [0.25, 0.3) is 6.47 Å². The topological polar surface area (TPSA) is 122 Å². The maximum atomic E-state index is 12.8. The zero-order chi connectivity index (χ0) is 31.5. The Morgan fingerprint density at radius 3 is 2.02 bits per heavy atom. The highest BCUT2D eigenvalue weighted by atomic mass is 16.5. The van der Waals surface area contributed by atoms with E-state index in [0.29, 0.717) is 37.4 Å². The molecule has 242 valence electrons. The smallest absolute Gasteiger partial charge is 0.407 e. The molecule has 1 amide bonds. The van der Waals surface area contributed by atoms with Gasteiger partial charge in [-0.15, -0.1) is 0 Å². The molecule has 2 bridgehead atoms. The lowest BCUT2D eigenvalue weighted by molar-refractivity contribution is -0.139. The Balaban J connectivity index is 0.00000162. The van der Waals surface area contributed by atoms with Crippen molar-refractivity contribution in [3.05, 3.63) is 25.3 Å². The van der Waals surface area contributed by atoms with Crippen LogP contribution in [0.3, 0.4) is 0 Å². The number of carboxylic acid groups (broad SMARTS) is 1. The van der Waals surface area contributed by atoms with E-state index in [9.17, 15) is 14.4 Å². The zero-order valence-corrected chi connectivity index (χ0v) is 26.4. The minimum Gasteiger partial charge on any atom is -0.483 e. The molecule has 0 spiro atoms. The van der Waals surface area contributed by atoms with Crippen molar-refractivity contribution in [2.24, 2.45) is 29.1 Å². The summed E-state index contributed by atoms with van der Waals surface area (Å²) in [6.45, 7) is 14.7. The summed E-state index contributed by atoms with van der Waals surface area (Å²) in [5, 5.41) is 10.1. The third-order valence-electron chi connectivity index (χ3n) is 10.4. The van der Waals surface area contributed by atoms with Crippen LogP contribution in [-0.2, 0) is 23.9 Å². The number of esters is 1. The third kappa shape index (κ3) is 10.8. The van der Waals surface area contributed by atoms with Crippen LogP contribution >= 0.6 is 0 Å². The van der Waals surface area contributed by atoms with Crippen molar-refractivity contribution in [2.75, 3.05) is 26.3 Å². The lowest BCUT2D eigenvalue weighted by atomic mass is 9.70. The second-order valence-corrected chi connectivity index (χ2v) is 14.1. The number of carbonyl (C=O) groups is 4. The molecule has 0 aromatic heterocycles. The first-order chi connectivity index (χ1) is 20.5. The van der Waals surface area contributed by atoms with Gasteiger partial charge in [0.15, 0.2) is 5.78 Å². The predicted octanol–water partition coefficient (Wildman–Crippen LogP) is 5.92. The van der Waals surface area contributed by atoms with E-state index in [-0.39, 0.29) is 41.3 Å². The van der Waals surface area contributed by atoms with Crippen molar-refractivity contribution < 1.29 is 33.8 Å². The van der Waals surface area contributed by atoms with Crippen molar-refractivity contribution in [3.63, 3.8) is 0 Å². The number of rotatable bonds is 12. The monoisotopic (exact) mass is 602 g/mol. The first-order valence-electron chi connectivity index (χ1n) is 16.2. The average Bonchev–Trinajstić information content (AvgIpc) is 3.17. The lowest BCUT2D eigenvalue weighted by Crippen LogP contribution is -2.50. The summed E-state index contributed by atoms with van der Waals surface area (Å²) in [7, 11) is 0. The fourth-order valence-electron chi connectivity index (χ4n) is 8.35. The Bertz CT molecular complexity index is 970. The first-order valence-corrected chi connectivity index (χ1v) is 16.2. The van der Waals surface area contributed by atoms with E-state index < -0.39 is 0 Å². The minimum absolute atomic E-state index is 0.117. The van der Waals surface area contributed by atoms with Crippen molar-refractivity contribution in [1.82, 2.24) is 10.2 Å². The van der Waals surface area contributed by atoms with Crippen molar-refractivity contribution in [1.29, 1.82) is 0 Å². The van der Waals surface area contributed by atoms with Crippen LogP contribution in [0.2, 0.25) is 0 Å².